The minimum absolute atomic E-state index is 0.131. The highest BCUT2D eigenvalue weighted by molar-refractivity contribution is 7.09. The minimum atomic E-state index is 0.131. The first-order valence-corrected chi connectivity index (χ1v) is 7.23. The number of rotatable bonds is 2. The molecule has 2 unspecified atom stereocenters. The molecule has 0 spiro atoms. The monoisotopic (exact) mass is 251 g/mol. The zero-order valence-electron chi connectivity index (χ0n) is 11.1. The van der Waals surface area contributed by atoms with Gasteiger partial charge in [-0.2, -0.15) is 0 Å². The maximum atomic E-state index is 11.5. The number of carbonyl (C=O) groups is 1. The molecule has 1 saturated carbocycles. The Labute approximate surface area is 107 Å². The Hall–Kier alpha value is -0.700. The van der Waals surface area contributed by atoms with Crippen molar-refractivity contribution in [2.45, 2.75) is 52.4 Å². The van der Waals surface area contributed by atoms with Crippen molar-refractivity contribution < 1.29 is 4.79 Å². The van der Waals surface area contributed by atoms with Crippen LogP contribution in [0, 0.1) is 11.8 Å². The molecule has 0 bridgehead atoms. The summed E-state index contributed by atoms with van der Waals surface area (Å²) in [4.78, 5) is 16.2. The average Bonchev–Trinajstić information content (AvgIpc) is 2.80. The second-order valence-electron chi connectivity index (χ2n) is 6.13. The van der Waals surface area contributed by atoms with Crippen molar-refractivity contribution in [1.29, 1.82) is 0 Å². The molecule has 2 rings (SSSR count). The van der Waals surface area contributed by atoms with Gasteiger partial charge in [0.05, 0.1) is 10.7 Å². The number of thiazole rings is 1. The maximum Gasteiger partial charge on any atom is 0.136 e. The Bertz CT molecular complexity index is 416. The van der Waals surface area contributed by atoms with Gasteiger partial charge in [-0.15, -0.1) is 11.3 Å². The summed E-state index contributed by atoms with van der Waals surface area (Å²) in [6, 6.07) is 0. The van der Waals surface area contributed by atoms with Gasteiger partial charge < -0.3 is 0 Å². The van der Waals surface area contributed by atoms with Crippen molar-refractivity contribution in [2.75, 3.05) is 0 Å². The fourth-order valence-electron chi connectivity index (χ4n) is 2.32. The van der Waals surface area contributed by atoms with E-state index in [0.29, 0.717) is 11.7 Å². The van der Waals surface area contributed by atoms with Gasteiger partial charge in [-0.3, -0.25) is 4.79 Å². The lowest BCUT2D eigenvalue weighted by Crippen LogP contribution is -2.14. The van der Waals surface area contributed by atoms with Crippen LogP contribution in [-0.4, -0.2) is 10.8 Å². The van der Waals surface area contributed by atoms with Crippen LogP contribution in [0.4, 0.5) is 0 Å². The number of ketones is 1. The second kappa shape index (κ2) is 4.52. The van der Waals surface area contributed by atoms with Crippen LogP contribution in [-0.2, 0) is 16.6 Å². The predicted molar refractivity (Wildman–Crippen MR) is 71.4 cm³/mol. The summed E-state index contributed by atoms with van der Waals surface area (Å²) in [7, 11) is 0. The van der Waals surface area contributed by atoms with Gasteiger partial charge in [0.15, 0.2) is 0 Å². The number of aromatic nitrogens is 1. The van der Waals surface area contributed by atoms with Crippen LogP contribution in [0.25, 0.3) is 0 Å². The van der Waals surface area contributed by atoms with E-state index in [-0.39, 0.29) is 11.3 Å². The van der Waals surface area contributed by atoms with E-state index >= 15 is 0 Å². The summed E-state index contributed by atoms with van der Waals surface area (Å²) in [5.74, 6) is 1.18. The molecule has 0 amide bonds. The molecule has 2 atom stereocenters. The lowest BCUT2D eigenvalue weighted by Gasteiger charge is -2.15. The Morgan fingerprint density at radius 2 is 2.18 bits per heavy atom. The highest BCUT2D eigenvalue weighted by Crippen LogP contribution is 2.33. The van der Waals surface area contributed by atoms with Gasteiger partial charge in [-0.1, -0.05) is 27.7 Å². The van der Waals surface area contributed by atoms with Crippen LogP contribution < -0.4 is 0 Å². The van der Waals surface area contributed by atoms with Crippen molar-refractivity contribution in [3.8, 4) is 0 Å². The third kappa shape index (κ3) is 2.76. The first-order valence-electron chi connectivity index (χ1n) is 6.35. The number of Topliss-reactive ketones (excluding diaryl/α,β-unsaturated/α-hetero) is 1. The van der Waals surface area contributed by atoms with Crippen LogP contribution in [0.5, 0.6) is 0 Å². The topological polar surface area (TPSA) is 30.0 Å². The second-order valence-corrected chi connectivity index (χ2v) is 7.08. The van der Waals surface area contributed by atoms with Gasteiger partial charge in [0, 0.05) is 29.6 Å². The van der Waals surface area contributed by atoms with Crippen molar-refractivity contribution in [1.82, 2.24) is 4.98 Å². The molecule has 1 heterocycles. The first kappa shape index (κ1) is 12.7. The Kier molecular flexibility index (Phi) is 3.39. The SMILES string of the molecule is CC1C(=O)CCC1Cc1nc(C(C)(C)C)cs1. The molecule has 2 nitrogen and oxygen atoms in total. The standard InChI is InChI=1S/C14H21NOS/c1-9-10(5-6-11(9)16)7-13-15-12(8-17-13)14(2,3)4/h8-10H,5-7H2,1-4H3. The largest absolute Gasteiger partial charge is 0.299 e. The van der Waals surface area contributed by atoms with E-state index in [1.165, 1.54) is 10.7 Å². The fraction of sp³-hybridized carbons (Fsp3) is 0.714. The van der Waals surface area contributed by atoms with Crippen LogP contribution in [0.3, 0.4) is 0 Å². The van der Waals surface area contributed by atoms with Gasteiger partial charge in [0.2, 0.25) is 0 Å². The third-order valence-electron chi connectivity index (χ3n) is 3.73. The highest BCUT2D eigenvalue weighted by atomic mass is 32.1. The zero-order valence-corrected chi connectivity index (χ0v) is 11.9. The quantitative estimate of drug-likeness (QED) is 0.804. The molecule has 1 aromatic heterocycles. The molecular weight excluding hydrogens is 230 g/mol. The van der Waals surface area contributed by atoms with Crippen molar-refractivity contribution in [2.24, 2.45) is 11.8 Å². The summed E-state index contributed by atoms with van der Waals surface area (Å²) >= 11 is 1.74. The van der Waals surface area contributed by atoms with Gasteiger partial charge in [-0.25, -0.2) is 4.98 Å². The van der Waals surface area contributed by atoms with Gasteiger partial charge in [0.25, 0.3) is 0 Å². The molecule has 0 aromatic carbocycles. The summed E-state index contributed by atoms with van der Waals surface area (Å²) in [5.41, 5.74) is 1.31. The van der Waals surface area contributed by atoms with E-state index in [1.807, 2.05) is 0 Å². The molecule has 0 aliphatic heterocycles. The molecule has 1 aromatic rings. The summed E-state index contributed by atoms with van der Waals surface area (Å²) in [5, 5.41) is 3.36. The molecular formula is C14H21NOS. The molecule has 94 valence electrons. The van der Waals surface area contributed by atoms with E-state index < -0.39 is 0 Å². The molecule has 1 fully saturated rings. The normalized spacial score (nSPS) is 25.5. The average molecular weight is 251 g/mol. The number of nitrogens with zero attached hydrogens (tertiary/aromatic N) is 1. The van der Waals surface area contributed by atoms with Gasteiger partial charge in [-0.05, 0) is 12.3 Å². The van der Waals surface area contributed by atoms with Crippen LogP contribution in [0.2, 0.25) is 0 Å². The lowest BCUT2D eigenvalue weighted by atomic mass is 9.93. The van der Waals surface area contributed by atoms with Crippen LogP contribution in [0.15, 0.2) is 5.38 Å². The Morgan fingerprint density at radius 3 is 2.65 bits per heavy atom. The van der Waals surface area contributed by atoms with Gasteiger partial charge in [0.1, 0.15) is 5.78 Å². The molecule has 3 heteroatoms. The van der Waals surface area contributed by atoms with E-state index in [9.17, 15) is 4.79 Å². The van der Waals surface area contributed by atoms with Crippen molar-refractivity contribution in [3.05, 3.63) is 16.1 Å². The summed E-state index contributed by atoms with van der Waals surface area (Å²) in [6.45, 7) is 8.63. The molecule has 1 aliphatic rings. The van der Waals surface area contributed by atoms with Crippen molar-refractivity contribution in [3.63, 3.8) is 0 Å². The lowest BCUT2D eigenvalue weighted by molar-refractivity contribution is -0.120. The van der Waals surface area contributed by atoms with E-state index in [4.69, 9.17) is 4.98 Å². The highest BCUT2D eigenvalue weighted by Gasteiger charge is 2.31. The van der Waals surface area contributed by atoms with E-state index in [2.05, 4.69) is 33.1 Å². The zero-order chi connectivity index (χ0) is 12.6. The van der Waals surface area contributed by atoms with Gasteiger partial charge >= 0.3 is 0 Å². The first-order chi connectivity index (χ1) is 7.88. The summed E-state index contributed by atoms with van der Waals surface area (Å²) in [6.07, 6.45) is 2.79. The molecule has 0 saturated heterocycles. The van der Waals surface area contributed by atoms with Crippen LogP contribution >= 0.6 is 11.3 Å². The molecule has 0 radical (unpaired) electrons. The van der Waals surface area contributed by atoms with Crippen LogP contribution in [0.1, 0.15) is 51.2 Å². The third-order valence-corrected chi connectivity index (χ3v) is 4.60. The smallest absolute Gasteiger partial charge is 0.136 e. The fourth-order valence-corrected chi connectivity index (χ4v) is 3.44. The number of carbonyl (C=O) groups excluding carboxylic acids is 1. The predicted octanol–water partition coefficient (Wildman–Crippen LogP) is 3.60. The number of hydrogen-bond acceptors (Lipinski definition) is 3. The Balaban J connectivity index is 2.05. The summed E-state index contributed by atoms with van der Waals surface area (Å²) < 4.78 is 0. The number of hydrogen-bond donors (Lipinski definition) is 0. The maximum absolute atomic E-state index is 11.5. The van der Waals surface area contributed by atoms with E-state index in [1.54, 1.807) is 11.3 Å². The minimum Gasteiger partial charge on any atom is -0.299 e. The Morgan fingerprint density at radius 1 is 1.47 bits per heavy atom. The molecule has 1 aliphatic carbocycles. The molecule has 17 heavy (non-hydrogen) atoms. The van der Waals surface area contributed by atoms with Crippen molar-refractivity contribution >= 4 is 17.1 Å². The van der Waals surface area contributed by atoms with E-state index in [0.717, 1.165) is 19.3 Å². The molecule has 0 N–H and O–H groups in total.